The summed E-state index contributed by atoms with van der Waals surface area (Å²) in [5.41, 5.74) is 4.62. The highest BCUT2D eigenvalue weighted by Crippen LogP contribution is 2.28. The fraction of sp³-hybridized carbons (Fsp3) is 0.120. The zero-order valence-corrected chi connectivity index (χ0v) is 18.7. The second kappa shape index (κ2) is 8.78. The lowest BCUT2D eigenvalue weighted by molar-refractivity contribution is 0.0964. The normalized spacial score (nSPS) is 11.0. The number of halogens is 1. The van der Waals surface area contributed by atoms with Crippen molar-refractivity contribution in [3.8, 4) is 17.1 Å². The number of rotatable bonds is 6. The van der Waals surface area contributed by atoms with Crippen molar-refractivity contribution in [2.75, 3.05) is 12.4 Å². The Labute approximate surface area is 195 Å². The minimum atomic E-state index is -0.271. The molecule has 4 aromatic heterocycles. The Hall–Kier alpha value is -4.53. The summed E-state index contributed by atoms with van der Waals surface area (Å²) in [6.07, 6.45) is 3.36. The molecule has 9 heteroatoms. The van der Waals surface area contributed by atoms with E-state index in [2.05, 4.69) is 20.7 Å². The predicted molar refractivity (Wildman–Crippen MR) is 127 cm³/mol. The number of pyridine rings is 2. The quantitative estimate of drug-likeness (QED) is 0.404. The average Bonchev–Trinajstić information content (AvgIpc) is 3.47. The molecule has 0 bridgehead atoms. The van der Waals surface area contributed by atoms with E-state index in [0.717, 1.165) is 22.5 Å². The fourth-order valence-electron chi connectivity index (χ4n) is 3.74. The minimum absolute atomic E-state index is 0.206. The van der Waals surface area contributed by atoms with Gasteiger partial charge in [0.1, 0.15) is 11.6 Å². The number of carbonyl (C=O) groups is 1. The molecule has 5 rings (SSSR count). The minimum Gasteiger partial charge on any atom is -0.364 e. The third-order valence-corrected chi connectivity index (χ3v) is 5.48. The molecule has 4 heterocycles. The van der Waals surface area contributed by atoms with Gasteiger partial charge in [0.2, 0.25) is 0 Å². The van der Waals surface area contributed by atoms with E-state index < -0.39 is 0 Å². The second-order valence-electron chi connectivity index (χ2n) is 7.83. The number of aryl methyl sites for hydroxylation is 1. The van der Waals surface area contributed by atoms with Gasteiger partial charge in [0.25, 0.3) is 5.91 Å². The van der Waals surface area contributed by atoms with E-state index in [1.165, 1.54) is 12.1 Å². The Morgan fingerprint density at radius 3 is 2.68 bits per heavy atom. The first-order chi connectivity index (χ1) is 16.5. The number of nitrogens with zero attached hydrogens (tertiary/aromatic N) is 5. The zero-order valence-electron chi connectivity index (χ0n) is 18.7. The van der Waals surface area contributed by atoms with Gasteiger partial charge in [-0.2, -0.15) is 5.10 Å². The van der Waals surface area contributed by atoms with Crippen molar-refractivity contribution in [2.45, 2.75) is 13.5 Å². The van der Waals surface area contributed by atoms with E-state index in [1.807, 2.05) is 49.5 Å². The van der Waals surface area contributed by atoms with Crippen molar-refractivity contribution in [2.24, 2.45) is 0 Å². The lowest BCUT2D eigenvalue weighted by Crippen LogP contribution is -2.17. The van der Waals surface area contributed by atoms with Crippen LogP contribution < -0.4 is 10.6 Å². The molecule has 0 spiro atoms. The summed E-state index contributed by atoms with van der Waals surface area (Å²) in [4.78, 5) is 16.9. The van der Waals surface area contributed by atoms with Crippen LogP contribution in [-0.4, -0.2) is 37.3 Å². The third-order valence-electron chi connectivity index (χ3n) is 5.48. The standard InChI is InChI=1S/C25H22FN7O/c1-16-4-3-5-24(30-16)33-21(13-23(31-33)28-14-17-6-8-19(26)9-7-17)18-10-11-32-22(12-18)20(15-29-32)25(34)27-2/h3-13,15H,14H2,1-2H3,(H,27,34)(H,28,31). The van der Waals surface area contributed by atoms with Gasteiger partial charge in [0, 0.05) is 37.1 Å². The predicted octanol–water partition coefficient (Wildman–Crippen LogP) is 4.00. The van der Waals surface area contributed by atoms with Crippen LogP contribution in [0.5, 0.6) is 0 Å². The Kier molecular flexibility index (Phi) is 5.51. The molecule has 2 N–H and O–H groups in total. The van der Waals surface area contributed by atoms with Crippen LogP contribution in [0.2, 0.25) is 0 Å². The van der Waals surface area contributed by atoms with Crippen molar-refractivity contribution in [1.82, 2.24) is 29.7 Å². The van der Waals surface area contributed by atoms with Gasteiger partial charge in [0.15, 0.2) is 5.82 Å². The van der Waals surface area contributed by atoms with Crippen molar-refractivity contribution < 1.29 is 9.18 Å². The van der Waals surface area contributed by atoms with Gasteiger partial charge in [-0.05, 0) is 48.9 Å². The van der Waals surface area contributed by atoms with Crippen LogP contribution in [0.25, 0.3) is 22.6 Å². The molecule has 0 atom stereocenters. The number of hydrogen-bond donors (Lipinski definition) is 2. The van der Waals surface area contributed by atoms with E-state index in [-0.39, 0.29) is 11.7 Å². The van der Waals surface area contributed by atoms with Gasteiger partial charge < -0.3 is 10.6 Å². The van der Waals surface area contributed by atoms with Crippen molar-refractivity contribution in [1.29, 1.82) is 0 Å². The van der Waals surface area contributed by atoms with Crippen LogP contribution in [0.1, 0.15) is 21.6 Å². The number of carbonyl (C=O) groups excluding carboxylic acids is 1. The maximum atomic E-state index is 13.2. The fourth-order valence-corrected chi connectivity index (χ4v) is 3.74. The first-order valence-electron chi connectivity index (χ1n) is 10.7. The number of benzene rings is 1. The van der Waals surface area contributed by atoms with Crippen LogP contribution in [0.15, 0.2) is 73.1 Å². The van der Waals surface area contributed by atoms with Crippen LogP contribution >= 0.6 is 0 Å². The third kappa shape index (κ3) is 4.11. The first-order valence-corrected chi connectivity index (χ1v) is 10.7. The summed E-state index contributed by atoms with van der Waals surface area (Å²) in [6, 6.07) is 17.8. The van der Waals surface area contributed by atoms with Gasteiger partial charge in [-0.1, -0.05) is 18.2 Å². The number of amides is 1. The summed E-state index contributed by atoms with van der Waals surface area (Å²) < 4.78 is 16.7. The Balaban J connectivity index is 1.57. The van der Waals surface area contributed by atoms with E-state index in [4.69, 9.17) is 5.10 Å². The summed E-state index contributed by atoms with van der Waals surface area (Å²) >= 11 is 0. The lowest BCUT2D eigenvalue weighted by Gasteiger charge is -2.08. The molecule has 0 saturated carbocycles. The first kappa shape index (κ1) is 21.3. The molecule has 0 radical (unpaired) electrons. The molecule has 1 aromatic carbocycles. The van der Waals surface area contributed by atoms with Crippen molar-refractivity contribution >= 4 is 17.2 Å². The van der Waals surface area contributed by atoms with Crippen LogP contribution in [-0.2, 0) is 6.54 Å². The second-order valence-corrected chi connectivity index (χ2v) is 7.83. The van der Waals surface area contributed by atoms with Gasteiger partial charge in [-0.25, -0.2) is 18.6 Å². The van der Waals surface area contributed by atoms with E-state index >= 15 is 0 Å². The maximum Gasteiger partial charge on any atom is 0.254 e. The molecule has 1 amide bonds. The maximum absolute atomic E-state index is 13.2. The number of fused-ring (bicyclic) bond motifs is 1. The molecule has 0 aliphatic rings. The molecule has 0 aliphatic heterocycles. The van der Waals surface area contributed by atoms with Gasteiger partial charge >= 0.3 is 0 Å². The highest BCUT2D eigenvalue weighted by molar-refractivity contribution is 6.01. The lowest BCUT2D eigenvalue weighted by atomic mass is 10.1. The van der Waals surface area contributed by atoms with Crippen LogP contribution in [0, 0.1) is 12.7 Å². The largest absolute Gasteiger partial charge is 0.364 e. The van der Waals surface area contributed by atoms with E-state index in [9.17, 15) is 9.18 Å². The molecule has 8 nitrogen and oxygen atoms in total. The average molecular weight is 455 g/mol. The SMILES string of the molecule is CNC(=O)c1cnn2ccc(-c3cc(NCc4ccc(F)cc4)nn3-c3cccc(C)n3)cc12. The Morgan fingerprint density at radius 1 is 1.09 bits per heavy atom. The number of anilines is 1. The summed E-state index contributed by atoms with van der Waals surface area (Å²) in [5.74, 6) is 0.835. The number of aromatic nitrogens is 5. The molecule has 0 saturated heterocycles. The molecule has 0 aliphatic carbocycles. The topological polar surface area (TPSA) is 89.1 Å². The number of nitrogens with one attached hydrogen (secondary N) is 2. The highest BCUT2D eigenvalue weighted by atomic mass is 19.1. The molecule has 5 aromatic rings. The monoisotopic (exact) mass is 455 g/mol. The molecule has 0 fully saturated rings. The van der Waals surface area contributed by atoms with Crippen molar-refractivity contribution in [3.63, 3.8) is 0 Å². The molecule has 0 unspecified atom stereocenters. The van der Waals surface area contributed by atoms with Crippen molar-refractivity contribution in [3.05, 3.63) is 95.7 Å². The Morgan fingerprint density at radius 2 is 1.91 bits per heavy atom. The highest BCUT2D eigenvalue weighted by Gasteiger charge is 2.16. The molecular formula is C25H22FN7O. The van der Waals surface area contributed by atoms with Gasteiger partial charge in [-0.15, -0.1) is 5.10 Å². The Bertz CT molecular complexity index is 1490. The summed E-state index contributed by atoms with van der Waals surface area (Å²) in [5, 5.41) is 15.0. The van der Waals surface area contributed by atoms with E-state index in [0.29, 0.717) is 29.3 Å². The van der Waals surface area contributed by atoms with Crippen LogP contribution in [0.3, 0.4) is 0 Å². The van der Waals surface area contributed by atoms with Crippen LogP contribution in [0.4, 0.5) is 10.2 Å². The van der Waals surface area contributed by atoms with Gasteiger partial charge in [0.05, 0.1) is 23.0 Å². The number of hydrogen-bond acceptors (Lipinski definition) is 5. The molecule has 34 heavy (non-hydrogen) atoms. The summed E-state index contributed by atoms with van der Waals surface area (Å²) in [6.45, 7) is 2.41. The zero-order chi connectivity index (χ0) is 23.7. The van der Waals surface area contributed by atoms with Gasteiger partial charge in [-0.3, -0.25) is 4.79 Å². The smallest absolute Gasteiger partial charge is 0.254 e. The summed E-state index contributed by atoms with van der Waals surface area (Å²) in [7, 11) is 1.59. The van der Waals surface area contributed by atoms with E-state index in [1.54, 1.807) is 34.6 Å². The molecule has 170 valence electrons. The molecular weight excluding hydrogens is 433 g/mol.